The second kappa shape index (κ2) is 8.27. The van der Waals surface area contributed by atoms with Crippen LogP contribution < -0.4 is 4.90 Å². The van der Waals surface area contributed by atoms with Gasteiger partial charge in [-0.15, -0.1) is 11.8 Å². The van der Waals surface area contributed by atoms with Gasteiger partial charge in [0.25, 0.3) is 0 Å². The molecule has 2 aromatic rings. The molecule has 2 aliphatic rings. The van der Waals surface area contributed by atoms with E-state index in [1.165, 1.54) is 0 Å². The number of aryl methyl sites for hydroxylation is 1. The lowest BCUT2D eigenvalue weighted by Gasteiger charge is -2.34. The van der Waals surface area contributed by atoms with Gasteiger partial charge < -0.3 is 14.5 Å². The van der Waals surface area contributed by atoms with Crippen LogP contribution in [0.1, 0.15) is 17.1 Å². The van der Waals surface area contributed by atoms with Gasteiger partial charge in [-0.3, -0.25) is 4.79 Å². The van der Waals surface area contributed by atoms with Gasteiger partial charge in [0, 0.05) is 36.5 Å². The molecule has 6 nitrogen and oxygen atoms in total. The number of anilines is 1. The zero-order valence-corrected chi connectivity index (χ0v) is 16.4. The van der Waals surface area contributed by atoms with Crippen LogP contribution in [0.4, 0.5) is 5.82 Å². The standard InChI is InChI=1S/C20H24N4O2S/c1-15-21-18-7-8-24(19(25)14-27-16-5-3-2-4-6-16)13-17(18)20(22-15)23-9-11-26-12-10-23/h2-6H,7-14H2,1H3. The van der Waals surface area contributed by atoms with Gasteiger partial charge in [-0.1, -0.05) is 18.2 Å². The monoisotopic (exact) mass is 384 g/mol. The minimum atomic E-state index is 0.169. The molecule has 1 saturated heterocycles. The Hall–Kier alpha value is -2.12. The van der Waals surface area contributed by atoms with Crippen molar-refractivity contribution >= 4 is 23.5 Å². The first-order valence-electron chi connectivity index (χ1n) is 9.35. The molecule has 0 saturated carbocycles. The van der Waals surface area contributed by atoms with Crippen LogP contribution in [0.3, 0.4) is 0 Å². The van der Waals surface area contributed by atoms with Crippen LogP contribution >= 0.6 is 11.8 Å². The van der Waals surface area contributed by atoms with Gasteiger partial charge in [0.05, 0.1) is 31.2 Å². The summed E-state index contributed by atoms with van der Waals surface area (Å²) in [6.07, 6.45) is 0.789. The highest BCUT2D eigenvalue weighted by Gasteiger charge is 2.27. The van der Waals surface area contributed by atoms with Crippen LogP contribution in [-0.2, 0) is 22.5 Å². The summed E-state index contributed by atoms with van der Waals surface area (Å²) in [5.41, 5.74) is 2.19. The number of ether oxygens (including phenoxy) is 1. The number of amides is 1. The lowest BCUT2D eigenvalue weighted by Crippen LogP contribution is -2.41. The third-order valence-electron chi connectivity index (χ3n) is 4.92. The lowest BCUT2D eigenvalue weighted by molar-refractivity contribution is -0.129. The molecule has 0 bridgehead atoms. The first-order chi connectivity index (χ1) is 13.2. The quantitative estimate of drug-likeness (QED) is 0.754. The molecule has 3 heterocycles. The highest BCUT2D eigenvalue weighted by molar-refractivity contribution is 8.00. The Bertz CT molecular complexity index is 809. The molecule has 2 aliphatic heterocycles. The number of aromatic nitrogens is 2. The third kappa shape index (κ3) is 4.25. The average molecular weight is 385 g/mol. The number of thioether (sulfide) groups is 1. The third-order valence-corrected chi connectivity index (χ3v) is 5.92. The molecule has 4 rings (SSSR count). The van der Waals surface area contributed by atoms with Gasteiger partial charge in [0.15, 0.2) is 0 Å². The molecule has 0 radical (unpaired) electrons. The summed E-state index contributed by atoms with van der Waals surface area (Å²) < 4.78 is 5.48. The molecule has 0 unspecified atom stereocenters. The topological polar surface area (TPSA) is 58.6 Å². The molecule has 1 aromatic carbocycles. The van der Waals surface area contributed by atoms with E-state index in [0.717, 1.165) is 53.9 Å². The SMILES string of the molecule is Cc1nc2c(c(N3CCOCC3)n1)CN(C(=O)CSc1ccccc1)CC2. The minimum Gasteiger partial charge on any atom is -0.378 e. The summed E-state index contributed by atoms with van der Waals surface area (Å²) in [6, 6.07) is 10.1. The van der Waals surface area contributed by atoms with Crippen molar-refractivity contribution < 1.29 is 9.53 Å². The number of benzene rings is 1. The lowest BCUT2D eigenvalue weighted by atomic mass is 10.1. The molecule has 0 aliphatic carbocycles. The summed E-state index contributed by atoms with van der Waals surface area (Å²) >= 11 is 1.59. The van der Waals surface area contributed by atoms with Crippen molar-refractivity contribution in [1.82, 2.24) is 14.9 Å². The predicted octanol–water partition coefficient (Wildman–Crippen LogP) is 2.30. The minimum absolute atomic E-state index is 0.169. The molecule has 7 heteroatoms. The zero-order chi connectivity index (χ0) is 18.6. The van der Waals surface area contributed by atoms with Crippen molar-refractivity contribution in [2.24, 2.45) is 0 Å². The van der Waals surface area contributed by atoms with Crippen molar-refractivity contribution in [1.29, 1.82) is 0 Å². The molecule has 0 N–H and O–H groups in total. The molecule has 1 amide bonds. The van der Waals surface area contributed by atoms with E-state index in [1.54, 1.807) is 11.8 Å². The van der Waals surface area contributed by atoms with E-state index < -0.39 is 0 Å². The smallest absolute Gasteiger partial charge is 0.233 e. The van der Waals surface area contributed by atoms with E-state index in [1.807, 2.05) is 42.2 Å². The van der Waals surface area contributed by atoms with E-state index in [4.69, 9.17) is 9.72 Å². The fourth-order valence-electron chi connectivity index (χ4n) is 3.52. The number of rotatable bonds is 4. The summed E-state index contributed by atoms with van der Waals surface area (Å²) in [6.45, 7) is 6.36. The number of carbonyl (C=O) groups excluding carboxylic acids is 1. The molecule has 142 valence electrons. The maximum Gasteiger partial charge on any atom is 0.233 e. The predicted molar refractivity (Wildman–Crippen MR) is 106 cm³/mol. The van der Waals surface area contributed by atoms with Crippen molar-refractivity contribution in [3.8, 4) is 0 Å². The Morgan fingerprint density at radius 1 is 1.15 bits per heavy atom. The van der Waals surface area contributed by atoms with Crippen LogP contribution in [0.15, 0.2) is 35.2 Å². The fourth-order valence-corrected chi connectivity index (χ4v) is 4.34. The highest BCUT2D eigenvalue weighted by Crippen LogP contribution is 2.28. The second-order valence-electron chi connectivity index (χ2n) is 6.79. The molecule has 1 aromatic heterocycles. The summed E-state index contributed by atoms with van der Waals surface area (Å²) in [4.78, 5) is 27.5. The van der Waals surface area contributed by atoms with Crippen LogP contribution in [0.25, 0.3) is 0 Å². The number of nitrogens with zero attached hydrogens (tertiary/aromatic N) is 4. The Labute approximate surface area is 163 Å². The number of fused-ring (bicyclic) bond motifs is 1. The van der Waals surface area contributed by atoms with Crippen molar-refractivity contribution in [3.05, 3.63) is 47.4 Å². The van der Waals surface area contributed by atoms with Gasteiger partial charge in [0.2, 0.25) is 5.91 Å². The van der Waals surface area contributed by atoms with Gasteiger partial charge in [-0.2, -0.15) is 0 Å². The Morgan fingerprint density at radius 2 is 1.93 bits per heavy atom. The van der Waals surface area contributed by atoms with E-state index in [0.29, 0.717) is 25.5 Å². The van der Waals surface area contributed by atoms with Gasteiger partial charge >= 0.3 is 0 Å². The van der Waals surface area contributed by atoms with Crippen LogP contribution in [-0.4, -0.2) is 59.4 Å². The van der Waals surface area contributed by atoms with E-state index in [2.05, 4.69) is 9.88 Å². The maximum absolute atomic E-state index is 12.8. The van der Waals surface area contributed by atoms with E-state index >= 15 is 0 Å². The summed E-state index contributed by atoms with van der Waals surface area (Å²) in [5.74, 6) is 2.41. The van der Waals surface area contributed by atoms with Gasteiger partial charge in [0.1, 0.15) is 11.6 Å². The number of hydrogen-bond donors (Lipinski definition) is 0. The van der Waals surface area contributed by atoms with Crippen molar-refractivity contribution in [2.45, 2.75) is 24.8 Å². The van der Waals surface area contributed by atoms with E-state index in [-0.39, 0.29) is 5.91 Å². The zero-order valence-electron chi connectivity index (χ0n) is 15.6. The van der Waals surface area contributed by atoms with Crippen LogP contribution in [0.5, 0.6) is 0 Å². The van der Waals surface area contributed by atoms with Gasteiger partial charge in [-0.25, -0.2) is 9.97 Å². The number of hydrogen-bond acceptors (Lipinski definition) is 6. The Balaban J connectivity index is 1.49. The van der Waals surface area contributed by atoms with Crippen LogP contribution in [0, 0.1) is 6.92 Å². The first-order valence-corrected chi connectivity index (χ1v) is 10.3. The highest BCUT2D eigenvalue weighted by atomic mass is 32.2. The fraction of sp³-hybridized carbons (Fsp3) is 0.450. The second-order valence-corrected chi connectivity index (χ2v) is 7.83. The van der Waals surface area contributed by atoms with Crippen molar-refractivity contribution in [3.63, 3.8) is 0 Å². The number of carbonyl (C=O) groups is 1. The van der Waals surface area contributed by atoms with Gasteiger partial charge in [-0.05, 0) is 19.1 Å². The molecular formula is C20H24N4O2S. The molecule has 27 heavy (non-hydrogen) atoms. The Kier molecular flexibility index (Phi) is 5.59. The molecular weight excluding hydrogens is 360 g/mol. The maximum atomic E-state index is 12.8. The van der Waals surface area contributed by atoms with E-state index in [9.17, 15) is 4.79 Å². The van der Waals surface area contributed by atoms with Crippen LogP contribution in [0.2, 0.25) is 0 Å². The Morgan fingerprint density at radius 3 is 2.70 bits per heavy atom. The summed E-state index contributed by atoms with van der Waals surface area (Å²) in [7, 11) is 0. The molecule has 0 spiro atoms. The number of morpholine rings is 1. The average Bonchev–Trinajstić information content (AvgIpc) is 2.72. The normalized spacial score (nSPS) is 16.9. The first kappa shape index (κ1) is 18.3. The molecule has 1 fully saturated rings. The largest absolute Gasteiger partial charge is 0.378 e. The van der Waals surface area contributed by atoms with Crippen molar-refractivity contribution in [2.75, 3.05) is 43.5 Å². The summed E-state index contributed by atoms with van der Waals surface area (Å²) in [5, 5.41) is 0. The molecule has 0 atom stereocenters.